The summed E-state index contributed by atoms with van der Waals surface area (Å²) >= 11 is 0.908. The Kier molecular flexibility index (Phi) is 10.2. The van der Waals surface area contributed by atoms with E-state index < -0.39 is 38.5 Å². The maximum absolute atomic E-state index is 15.1. The zero-order valence-corrected chi connectivity index (χ0v) is 24.3. The second-order valence-electron chi connectivity index (χ2n) is 9.24. The van der Waals surface area contributed by atoms with Gasteiger partial charge in [0.25, 0.3) is 10.0 Å². The summed E-state index contributed by atoms with van der Waals surface area (Å²) in [6, 6.07) is 9.55. The van der Waals surface area contributed by atoms with E-state index in [0.717, 1.165) is 33.8 Å². The minimum atomic E-state index is -4.49. The number of amides is 1. The second kappa shape index (κ2) is 13.4. The molecule has 3 aromatic rings. The predicted molar refractivity (Wildman–Crippen MR) is 151 cm³/mol. The number of thiazole rings is 1. The first kappa shape index (κ1) is 31.3. The minimum Gasteiger partial charge on any atom is -0.497 e. The number of oxime groups is 1. The summed E-state index contributed by atoms with van der Waals surface area (Å²) in [7, 11) is -2.99. The van der Waals surface area contributed by atoms with Crippen LogP contribution in [0, 0.1) is 17.7 Å². The first-order valence-corrected chi connectivity index (χ1v) is 14.5. The summed E-state index contributed by atoms with van der Waals surface area (Å²) in [4.78, 5) is 28.7. The smallest absolute Gasteiger partial charge is 0.360 e. The van der Waals surface area contributed by atoms with Gasteiger partial charge in [0.15, 0.2) is 11.5 Å². The van der Waals surface area contributed by atoms with Crippen molar-refractivity contribution in [3.05, 3.63) is 65.0 Å². The fraction of sp³-hybridized carbons (Fsp3) is 0.308. The molecule has 2 aromatic carbocycles. The number of benzene rings is 2. The number of hydrogen-bond acceptors (Lipinski definition) is 10. The van der Waals surface area contributed by atoms with Crippen LogP contribution in [-0.4, -0.2) is 50.0 Å². The molecule has 1 aromatic heterocycles. The van der Waals surface area contributed by atoms with Crippen LogP contribution in [0.5, 0.6) is 5.75 Å². The van der Waals surface area contributed by atoms with E-state index in [1.165, 1.54) is 19.5 Å². The zero-order chi connectivity index (χ0) is 30.3. The molecule has 0 radical (unpaired) electrons. The third kappa shape index (κ3) is 7.49. The molecule has 0 spiro atoms. The summed E-state index contributed by atoms with van der Waals surface area (Å²) in [6.45, 7) is 4.93. The average molecular weight is 608 g/mol. The van der Waals surface area contributed by atoms with Crippen molar-refractivity contribution in [2.75, 3.05) is 23.3 Å². The number of aromatic nitrogens is 1. The monoisotopic (exact) mass is 607 g/mol. The van der Waals surface area contributed by atoms with Gasteiger partial charge in [0, 0.05) is 0 Å². The van der Waals surface area contributed by atoms with Crippen molar-refractivity contribution in [2.24, 2.45) is 22.7 Å². The molecule has 15 heteroatoms. The van der Waals surface area contributed by atoms with Crippen LogP contribution in [0.4, 0.5) is 15.1 Å². The molecule has 41 heavy (non-hydrogen) atoms. The molecule has 0 saturated carbocycles. The highest BCUT2D eigenvalue weighted by Crippen LogP contribution is 2.34. The van der Waals surface area contributed by atoms with Crippen LogP contribution < -0.4 is 20.1 Å². The van der Waals surface area contributed by atoms with Crippen molar-refractivity contribution in [1.29, 1.82) is 0 Å². The second-order valence-corrected chi connectivity index (χ2v) is 11.9. The Morgan fingerprint density at radius 3 is 2.46 bits per heavy atom. The van der Waals surface area contributed by atoms with E-state index in [0.29, 0.717) is 11.3 Å². The Morgan fingerprint density at radius 1 is 1.20 bits per heavy atom. The quantitative estimate of drug-likeness (QED) is 0.0909. The van der Waals surface area contributed by atoms with E-state index in [1.54, 1.807) is 24.3 Å². The number of esters is 1. The van der Waals surface area contributed by atoms with Crippen LogP contribution in [0.25, 0.3) is 0 Å². The number of hydrogen-bond donors (Lipinski definition) is 3. The van der Waals surface area contributed by atoms with Gasteiger partial charge < -0.3 is 25.7 Å². The third-order valence-corrected chi connectivity index (χ3v) is 8.45. The van der Waals surface area contributed by atoms with E-state index in [4.69, 9.17) is 20.4 Å². The molecule has 0 fully saturated rings. The van der Waals surface area contributed by atoms with Gasteiger partial charge in [0.1, 0.15) is 16.6 Å². The standard InChI is InChI=1S/C26H30FN5O7S2/c1-15(2)13-39-26(34)22-25(40-14-29-22)32(12-17-5-7-18(38-4)8-6-17)41(36,37)19-9-10-21(20(27)11-19)30-24(33)16(3)23(28)31-35/h5-11,14-16,35H,12-13H2,1-4H3,(H2,28,31)(H,30,33). The molecular weight excluding hydrogens is 577 g/mol. The molecule has 4 N–H and O–H groups in total. The number of sulfonamides is 1. The lowest BCUT2D eigenvalue weighted by molar-refractivity contribution is -0.117. The van der Waals surface area contributed by atoms with Gasteiger partial charge in [-0.2, -0.15) is 0 Å². The normalized spacial score (nSPS) is 12.6. The molecule has 0 aliphatic heterocycles. The number of rotatable bonds is 12. The molecule has 12 nitrogen and oxygen atoms in total. The number of nitrogens with one attached hydrogen (secondary N) is 1. The lowest BCUT2D eigenvalue weighted by Crippen LogP contribution is -2.33. The minimum absolute atomic E-state index is 0.0139. The van der Waals surface area contributed by atoms with Crippen molar-refractivity contribution in [1.82, 2.24) is 4.98 Å². The molecule has 1 heterocycles. The molecule has 3 rings (SSSR count). The van der Waals surface area contributed by atoms with Gasteiger partial charge in [-0.25, -0.2) is 22.6 Å². The number of nitrogens with zero attached hydrogens (tertiary/aromatic N) is 3. The SMILES string of the molecule is COc1ccc(CN(c2scnc2C(=O)OCC(C)C)S(=O)(=O)c2ccc(NC(=O)C(C)C(N)=NO)c(F)c2)cc1. The molecule has 1 unspecified atom stereocenters. The lowest BCUT2D eigenvalue weighted by Gasteiger charge is -2.24. The molecule has 0 saturated heterocycles. The maximum atomic E-state index is 15.1. The molecule has 0 bridgehead atoms. The number of carbonyl (C=O) groups is 2. The number of anilines is 2. The predicted octanol–water partition coefficient (Wildman–Crippen LogP) is 3.82. The lowest BCUT2D eigenvalue weighted by atomic mass is 10.1. The Bertz CT molecular complexity index is 1530. The third-order valence-electron chi connectivity index (χ3n) is 5.74. The van der Waals surface area contributed by atoms with Crippen molar-refractivity contribution < 1.29 is 37.1 Å². The molecule has 1 amide bonds. The number of carbonyl (C=O) groups excluding carboxylic acids is 2. The molecule has 1 atom stereocenters. The number of methoxy groups -OCH3 is 1. The molecule has 0 aliphatic rings. The van der Waals surface area contributed by atoms with Crippen LogP contribution in [0.2, 0.25) is 0 Å². The van der Waals surface area contributed by atoms with Crippen molar-refractivity contribution in [2.45, 2.75) is 32.2 Å². The molecule has 0 aliphatic carbocycles. The number of nitrogens with two attached hydrogens (primary N) is 1. The zero-order valence-electron chi connectivity index (χ0n) is 22.7. The Balaban J connectivity index is 2.02. The average Bonchev–Trinajstić information content (AvgIpc) is 3.44. The van der Waals surface area contributed by atoms with Crippen LogP contribution in [-0.2, 0) is 26.1 Å². The van der Waals surface area contributed by atoms with Gasteiger partial charge >= 0.3 is 5.97 Å². The highest BCUT2D eigenvalue weighted by atomic mass is 32.2. The van der Waals surface area contributed by atoms with E-state index in [2.05, 4.69) is 15.5 Å². The van der Waals surface area contributed by atoms with Gasteiger partial charge in [-0.3, -0.25) is 9.10 Å². The fourth-order valence-electron chi connectivity index (χ4n) is 3.38. The van der Waals surface area contributed by atoms with Gasteiger partial charge in [0.2, 0.25) is 5.91 Å². The Hall–Kier alpha value is -4.24. The van der Waals surface area contributed by atoms with Crippen LogP contribution in [0.3, 0.4) is 0 Å². The van der Waals surface area contributed by atoms with Crippen LogP contribution in [0.15, 0.2) is 58.0 Å². The van der Waals surface area contributed by atoms with E-state index in [1.807, 2.05) is 13.8 Å². The first-order valence-electron chi connectivity index (χ1n) is 12.2. The highest BCUT2D eigenvalue weighted by molar-refractivity contribution is 7.93. The summed E-state index contributed by atoms with van der Waals surface area (Å²) in [5, 5.41) is 13.8. The Labute approximate surface area is 240 Å². The van der Waals surface area contributed by atoms with Gasteiger partial charge in [-0.05, 0) is 48.7 Å². The summed E-state index contributed by atoms with van der Waals surface area (Å²) in [6.07, 6.45) is 0. The number of halogens is 1. The van der Waals surface area contributed by atoms with Crippen LogP contribution >= 0.6 is 11.3 Å². The van der Waals surface area contributed by atoms with Crippen LogP contribution in [0.1, 0.15) is 36.8 Å². The van der Waals surface area contributed by atoms with Gasteiger partial charge in [-0.15, -0.1) is 11.3 Å². The molecular formula is C26H30FN5O7S2. The van der Waals surface area contributed by atoms with Crippen molar-refractivity contribution in [3.63, 3.8) is 0 Å². The molecule has 220 valence electrons. The summed E-state index contributed by atoms with van der Waals surface area (Å²) in [5.41, 5.74) is 6.78. The van der Waals surface area contributed by atoms with Crippen molar-refractivity contribution >= 4 is 49.8 Å². The van der Waals surface area contributed by atoms with E-state index >= 15 is 4.39 Å². The number of ether oxygens (including phenoxy) is 2. The largest absolute Gasteiger partial charge is 0.497 e. The van der Waals surface area contributed by atoms with Gasteiger partial charge in [-0.1, -0.05) is 31.1 Å². The first-order chi connectivity index (χ1) is 19.4. The van der Waals surface area contributed by atoms with Gasteiger partial charge in [0.05, 0.1) is 42.3 Å². The fourth-order valence-corrected chi connectivity index (χ4v) is 5.86. The number of amidine groups is 1. The highest BCUT2D eigenvalue weighted by Gasteiger charge is 2.32. The van der Waals surface area contributed by atoms with Crippen molar-refractivity contribution in [3.8, 4) is 5.75 Å². The van der Waals surface area contributed by atoms with E-state index in [-0.39, 0.29) is 41.3 Å². The summed E-state index contributed by atoms with van der Waals surface area (Å²) < 4.78 is 54.4. The Morgan fingerprint density at radius 2 is 1.88 bits per heavy atom. The van der Waals surface area contributed by atoms with E-state index in [9.17, 15) is 18.0 Å². The topological polar surface area (TPSA) is 174 Å². The maximum Gasteiger partial charge on any atom is 0.360 e. The summed E-state index contributed by atoms with van der Waals surface area (Å²) in [5.74, 6) is -3.49.